The molecule has 1 aromatic heterocycles. The fraction of sp³-hybridized carbons (Fsp3) is 0.444. The third-order valence-electron chi connectivity index (χ3n) is 7.37. The van der Waals surface area contributed by atoms with E-state index < -0.39 is 84.6 Å². The topological polar surface area (TPSA) is 240 Å². The maximum Gasteiger partial charge on any atom is 0.229 e. The van der Waals surface area contributed by atoms with Crippen molar-refractivity contribution in [3.63, 3.8) is 0 Å². The van der Waals surface area contributed by atoms with Gasteiger partial charge in [0.15, 0.2) is 5.43 Å². The summed E-state index contributed by atoms with van der Waals surface area (Å²) in [5.74, 6) is -1.16. The van der Waals surface area contributed by atoms with Crippen molar-refractivity contribution in [2.75, 3.05) is 6.61 Å². The van der Waals surface area contributed by atoms with Crippen LogP contribution in [-0.4, -0.2) is 108 Å². The highest BCUT2D eigenvalue weighted by molar-refractivity contribution is 5.88. The third kappa shape index (κ3) is 5.14. The molecule has 2 saturated heterocycles. The minimum atomic E-state index is -1.90. The predicted octanol–water partition coefficient (Wildman–Crippen LogP) is -1.41. The van der Waals surface area contributed by atoms with Gasteiger partial charge in [0.25, 0.3) is 0 Å². The standard InChI is InChI=1S/C27H30O14/c1-9-19(31)22(34)25(37)27(38-9)41-15-7-14-17(12(30)6-13(39-14)10-2-4-11(29)5-3-10)21(33)18(15)26-24(36)23(35)20(32)16(8-28)40-26/h2-7,9,16,19-20,22-29,31-37H,8H2,1H3/t9-,16+,19-,20+,22+,23-,24+,25+,26+,27+/m0/s1. The van der Waals surface area contributed by atoms with Crippen molar-refractivity contribution >= 4 is 11.0 Å². The Morgan fingerprint density at radius 3 is 2.15 bits per heavy atom. The molecule has 0 saturated carbocycles. The second-order valence-corrected chi connectivity index (χ2v) is 10.1. The Morgan fingerprint density at radius 1 is 0.829 bits per heavy atom. The predicted molar refractivity (Wildman–Crippen MR) is 137 cm³/mol. The molecule has 14 nitrogen and oxygen atoms in total. The van der Waals surface area contributed by atoms with Crippen LogP contribution in [0.15, 0.2) is 45.6 Å². The van der Waals surface area contributed by atoms with Gasteiger partial charge in [-0.1, -0.05) is 0 Å². The normalized spacial score (nSPS) is 34.0. The number of aromatic hydroxyl groups is 2. The van der Waals surface area contributed by atoms with Crippen LogP contribution < -0.4 is 10.2 Å². The zero-order valence-electron chi connectivity index (χ0n) is 21.5. The summed E-state index contributed by atoms with van der Waals surface area (Å²) < 4.78 is 22.8. The number of aliphatic hydroxyl groups excluding tert-OH is 7. The van der Waals surface area contributed by atoms with Gasteiger partial charge in [-0.25, -0.2) is 0 Å². The lowest BCUT2D eigenvalue weighted by Crippen LogP contribution is -2.58. The smallest absolute Gasteiger partial charge is 0.229 e. The molecule has 10 atom stereocenters. The highest BCUT2D eigenvalue weighted by Gasteiger charge is 2.48. The van der Waals surface area contributed by atoms with Crippen LogP contribution in [0.2, 0.25) is 0 Å². The van der Waals surface area contributed by atoms with E-state index in [1.165, 1.54) is 31.2 Å². The molecule has 222 valence electrons. The van der Waals surface area contributed by atoms with Crippen molar-refractivity contribution in [1.29, 1.82) is 0 Å². The summed E-state index contributed by atoms with van der Waals surface area (Å²) in [5.41, 5.74) is -0.965. The molecule has 0 radical (unpaired) electrons. The summed E-state index contributed by atoms with van der Waals surface area (Å²) in [6.45, 7) is 0.631. The number of phenolic OH excluding ortho intramolecular Hbond substituents is 2. The van der Waals surface area contributed by atoms with Crippen molar-refractivity contribution in [1.82, 2.24) is 0 Å². The van der Waals surface area contributed by atoms with E-state index in [0.717, 1.165) is 12.1 Å². The number of hydrogen-bond acceptors (Lipinski definition) is 14. The van der Waals surface area contributed by atoms with E-state index in [-0.39, 0.29) is 28.2 Å². The number of aliphatic hydroxyl groups is 7. The van der Waals surface area contributed by atoms with Gasteiger partial charge in [0.05, 0.1) is 18.3 Å². The van der Waals surface area contributed by atoms with Crippen LogP contribution in [0.4, 0.5) is 0 Å². The van der Waals surface area contributed by atoms with E-state index in [4.69, 9.17) is 18.6 Å². The lowest BCUT2D eigenvalue weighted by Gasteiger charge is -2.42. The Morgan fingerprint density at radius 2 is 1.49 bits per heavy atom. The van der Waals surface area contributed by atoms with E-state index >= 15 is 0 Å². The van der Waals surface area contributed by atoms with E-state index in [1.807, 2.05) is 0 Å². The first kappa shape index (κ1) is 29.2. The van der Waals surface area contributed by atoms with E-state index in [1.54, 1.807) is 0 Å². The summed E-state index contributed by atoms with van der Waals surface area (Å²) >= 11 is 0. The van der Waals surface area contributed by atoms with Gasteiger partial charge in [-0.15, -0.1) is 0 Å². The average Bonchev–Trinajstić information content (AvgIpc) is 2.94. The molecule has 2 aliphatic rings. The molecule has 0 spiro atoms. The molecule has 0 bridgehead atoms. The molecule has 3 heterocycles. The fourth-order valence-corrected chi connectivity index (χ4v) is 5.01. The second kappa shape index (κ2) is 11.2. The summed E-state index contributed by atoms with van der Waals surface area (Å²) in [7, 11) is 0. The first-order chi connectivity index (χ1) is 19.4. The number of phenols is 2. The number of benzene rings is 2. The van der Waals surface area contributed by atoms with Gasteiger partial charge >= 0.3 is 0 Å². The quantitative estimate of drug-likeness (QED) is 0.169. The van der Waals surface area contributed by atoms with Crippen molar-refractivity contribution in [3.05, 3.63) is 52.2 Å². The number of ether oxygens (including phenoxy) is 3. The summed E-state index contributed by atoms with van der Waals surface area (Å²) in [4.78, 5) is 13.2. The third-order valence-corrected chi connectivity index (χ3v) is 7.37. The fourth-order valence-electron chi connectivity index (χ4n) is 5.01. The molecule has 41 heavy (non-hydrogen) atoms. The molecule has 14 heteroatoms. The average molecular weight is 579 g/mol. The van der Waals surface area contributed by atoms with Gasteiger partial charge in [-0.05, 0) is 31.2 Å². The number of fused-ring (bicyclic) bond motifs is 1. The number of hydrogen-bond donors (Lipinski definition) is 9. The molecule has 5 rings (SSSR count). The molecule has 2 aromatic carbocycles. The molecule has 9 N–H and O–H groups in total. The second-order valence-electron chi connectivity index (χ2n) is 10.1. The summed E-state index contributed by atoms with van der Waals surface area (Å²) in [6, 6.07) is 7.93. The van der Waals surface area contributed by atoms with E-state index in [2.05, 4.69) is 0 Å². The molecule has 0 unspecified atom stereocenters. The van der Waals surface area contributed by atoms with Crippen LogP contribution in [-0.2, 0) is 9.47 Å². The molecule has 2 fully saturated rings. The van der Waals surface area contributed by atoms with Crippen LogP contribution in [0.3, 0.4) is 0 Å². The highest BCUT2D eigenvalue weighted by atomic mass is 16.7. The minimum Gasteiger partial charge on any atom is -0.508 e. The molecule has 3 aromatic rings. The molecular formula is C27H30O14. The lowest BCUT2D eigenvalue weighted by atomic mass is 9.89. The Hall–Kier alpha value is -3.31. The van der Waals surface area contributed by atoms with Crippen molar-refractivity contribution in [3.8, 4) is 28.6 Å². The zero-order valence-corrected chi connectivity index (χ0v) is 21.5. The van der Waals surface area contributed by atoms with Crippen molar-refractivity contribution in [2.45, 2.75) is 68.1 Å². The maximum absolute atomic E-state index is 13.2. The van der Waals surface area contributed by atoms with Gasteiger partial charge in [-0.2, -0.15) is 0 Å². The van der Waals surface area contributed by atoms with E-state index in [9.17, 15) is 50.8 Å². The van der Waals surface area contributed by atoms with Gasteiger partial charge < -0.3 is 64.6 Å². The van der Waals surface area contributed by atoms with Gasteiger partial charge in [0, 0.05) is 17.7 Å². The van der Waals surface area contributed by atoms with Crippen LogP contribution in [0.1, 0.15) is 18.6 Å². The summed E-state index contributed by atoms with van der Waals surface area (Å²) in [6.07, 6.45) is -16.1. The molecule has 0 amide bonds. The van der Waals surface area contributed by atoms with Crippen molar-refractivity contribution < 1.29 is 64.6 Å². The first-order valence-electron chi connectivity index (χ1n) is 12.7. The Bertz CT molecular complexity index is 1450. The highest BCUT2D eigenvalue weighted by Crippen LogP contribution is 2.46. The minimum absolute atomic E-state index is 0.0260. The van der Waals surface area contributed by atoms with Gasteiger partial charge in [0.1, 0.15) is 82.8 Å². The SMILES string of the molecule is C[C@@H]1O[C@H](Oc2cc3oc(-c4ccc(O)cc4)cc(=O)c3c(O)c2[C@H]2O[C@H](CO)[C@@H](O)[C@H](O)[C@H]2O)[C@H](O)[C@H](O)[C@H]1O. The largest absolute Gasteiger partial charge is 0.508 e. The molecule has 0 aliphatic carbocycles. The lowest BCUT2D eigenvalue weighted by molar-refractivity contribution is -0.269. The van der Waals surface area contributed by atoms with Gasteiger partial charge in [-0.3, -0.25) is 4.79 Å². The first-order valence-corrected chi connectivity index (χ1v) is 12.7. The van der Waals surface area contributed by atoms with E-state index in [0.29, 0.717) is 5.56 Å². The Labute approximate surface area is 231 Å². The monoisotopic (exact) mass is 578 g/mol. The number of rotatable bonds is 5. The Kier molecular flexibility index (Phi) is 7.95. The molecule has 2 aliphatic heterocycles. The van der Waals surface area contributed by atoms with Crippen molar-refractivity contribution in [2.24, 2.45) is 0 Å². The van der Waals surface area contributed by atoms with Crippen LogP contribution in [0, 0.1) is 0 Å². The molecular weight excluding hydrogens is 548 g/mol. The Balaban J connectivity index is 1.69. The van der Waals surface area contributed by atoms with Crippen LogP contribution >= 0.6 is 0 Å². The maximum atomic E-state index is 13.2. The van der Waals surface area contributed by atoms with Crippen LogP contribution in [0.25, 0.3) is 22.3 Å². The summed E-state index contributed by atoms with van der Waals surface area (Å²) in [5, 5.41) is 92.5. The van der Waals surface area contributed by atoms with Gasteiger partial charge in [0.2, 0.25) is 6.29 Å². The zero-order chi connectivity index (χ0) is 29.7. The van der Waals surface area contributed by atoms with Crippen LogP contribution in [0.5, 0.6) is 17.2 Å².